The van der Waals surface area contributed by atoms with Crippen LogP contribution in [0.3, 0.4) is 0 Å². The number of benzene rings is 1. The van der Waals surface area contributed by atoms with Crippen molar-refractivity contribution in [3.63, 3.8) is 0 Å². The first-order valence-electron chi connectivity index (χ1n) is 7.79. The summed E-state index contributed by atoms with van der Waals surface area (Å²) in [5.74, 6) is 0.379. The van der Waals surface area contributed by atoms with Gasteiger partial charge < -0.3 is 11.1 Å². The summed E-state index contributed by atoms with van der Waals surface area (Å²) in [5.41, 5.74) is 7.38. The molecule has 0 heterocycles. The number of amides is 1. The maximum Gasteiger partial charge on any atom is 0.222 e. The molecule has 0 saturated carbocycles. The molecule has 1 amide bonds. The van der Waals surface area contributed by atoms with E-state index in [-0.39, 0.29) is 23.4 Å². The molecule has 1 aromatic carbocycles. The smallest absolute Gasteiger partial charge is 0.222 e. The van der Waals surface area contributed by atoms with Crippen molar-refractivity contribution >= 4 is 5.91 Å². The lowest BCUT2D eigenvalue weighted by Gasteiger charge is -2.26. The monoisotopic (exact) mass is 290 g/mol. The van der Waals surface area contributed by atoms with Crippen molar-refractivity contribution in [3.05, 3.63) is 35.9 Å². The van der Waals surface area contributed by atoms with Gasteiger partial charge >= 0.3 is 0 Å². The minimum absolute atomic E-state index is 0.0364. The molecule has 0 saturated heterocycles. The highest BCUT2D eigenvalue weighted by Crippen LogP contribution is 2.23. The van der Waals surface area contributed by atoms with Gasteiger partial charge in [-0.05, 0) is 23.3 Å². The average molecular weight is 290 g/mol. The standard InChI is InChI=1S/C18H30N2O/c1-13(2)17(14-9-7-6-8-10-14)20-16(21)11-15(19)12-18(3,4)5/h6-10,13,15,17H,11-12,19H2,1-5H3,(H,20,21). The Balaban J connectivity index is 2.62. The lowest BCUT2D eigenvalue weighted by molar-refractivity contribution is -0.122. The number of carbonyl (C=O) groups excluding carboxylic acids is 1. The molecular formula is C18H30N2O. The average Bonchev–Trinajstić information content (AvgIpc) is 2.34. The van der Waals surface area contributed by atoms with Gasteiger partial charge in [-0.2, -0.15) is 0 Å². The van der Waals surface area contributed by atoms with Gasteiger partial charge in [0.1, 0.15) is 0 Å². The van der Waals surface area contributed by atoms with E-state index >= 15 is 0 Å². The Bertz CT molecular complexity index is 434. The van der Waals surface area contributed by atoms with E-state index in [1.54, 1.807) is 0 Å². The fourth-order valence-corrected chi connectivity index (χ4v) is 2.62. The maximum atomic E-state index is 12.2. The summed E-state index contributed by atoms with van der Waals surface area (Å²) in [6.45, 7) is 10.7. The highest BCUT2D eigenvalue weighted by molar-refractivity contribution is 5.77. The number of carbonyl (C=O) groups is 1. The Morgan fingerprint density at radius 3 is 2.24 bits per heavy atom. The quantitative estimate of drug-likeness (QED) is 0.840. The van der Waals surface area contributed by atoms with E-state index in [2.05, 4.69) is 52.1 Å². The number of nitrogens with one attached hydrogen (secondary N) is 1. The van der Waals surface area contributed by atoms with Gasteiger partial charge in [-0.15, -0.1) is 0 Å². The Hall–Kier alpha value is -1.35. The summed E-state index contributed by atoms with van der Waals surface area (Å²) in [7, 11) is 0. The number of rotatable bonds is 6. The Labute approximate surface area is 129 Å². The summed E-state index contributed by atoms with van der Waals surface area (Å²) in [6.07, 6.45) is 1.23. The lowest BCUT2D eigenvalue weighted by atomic mass is 9.87. The molecule has 0 aliphatic carbocycles. The molecule has 0 fully saturated rings. The van der Waals surface area contributed by atoms with Gasteiger partial charge in [0.15, 0.2) is 0 Å². The van der Waals surface area contributed by atoms with Gasteiger partial charge in [0, 0.05) is 12.5 Å². The maximum absolute atomic E-state index is 12.2. The molecule has 0 spiro atoms. The van der Waals surface area contributed by atoms with E-state index in [9.17, 15) is 4.79 Å². The molecule has 21 heavy (non-hydrogen) atoms. The van der Waals surface area contributed by atoms with Crippen molar-refractivity contribution in [1.29, 1.82) is 0 Å². The van der Waals surface area contributed by atoms with E-state index in [0.29, 0.717) is 12.3 Å². The van der Waals surface area contributed by atoms with Crippen molar-refractivity contribution < 1.29 is 4.79 Å². The summed E-state index contributed by atoms with van der Waals surface area (Å²) >= 11 is 0. The predicted octanol–water partition coefficient (Wildman–Crippen LogP) is 3.65. The zero-order valence-electron chi connectivity index (χ0n) is 14.0. The van der Waals surface area contributed by atoms with Crippen LogP contribution in [0.2, 0.25) is 0 Å². The minimum atomic E-state index is -0.0893. The Morgan fingerprint density at radius 2 is 1.76 bits per heavy atom. The van der Waals surface area contributed by atoms with Crippen molar-refractivity contribution in [3.8, 4) is 0 Å². The fourth-order valence-electron chi connectivity index (χ4n) is 2.62. The third-order valence-corrected chi connectivity index (χ3v) is 3.46. The molecule has 3 heteroatoms. The third kappa shape index (κ3) is 6.76. The molecule has 0 aromatic heterocycles. The number of hydrogen-bond donors (Lipinski definition) is 2. The van der Waals surface area contributed by atoms with E-state index in [1.165, 1.54) is 0 Å². The predicted molar refractivity (Wildman–Crippen MR) is 88.8 cm³/mol. The van der Waals surface area contributed by atoms with Crippen molar-refractivity contribution in [2.75, 3.05) is 0 Å². The second-order valence-electron chi connectivity index (χ2n) is 7.43. The molecule has 3 nitrogen and oxygen atoms in total. The molecule has 2 atom stereocenters. The van der Waals surface area contributed by atoms with Gasteiger partial charge in [0.25, 0.3) is 0 Å². The highest BCUT2D eigenvalue weighted by atomic mass is 16.1. The van der Waals surface area contributed by atoms with Crippen LogP contribution in [0.5, 0.6) is 0 Å². The summed E-state index contributed by atoms with van der Waals surface area (Å²) in [4.78, 5) is 12.2. The first-order valence-corrected chi connectivity index (χ1v) is 7.79. The molecule has 118 valence electrons. The zero-order chi connectivity index (χ0) is 16.0. The van der Waals surface area contributed by atoms with E-state index in [1.807, 2.05) is 18.2 Å². The summed E-state index contributed by atoms with van der Waals surface area (Å²) in [5, 5.41) is 3.13. The van der Waals surface area contributed by atoms with Crippen molar-refractivity contribution in [2.45, 2.75) is 59.5 Å². The van der Waals surface area contributed by atoms with E-state index in [0.717, 1.165) is 12.0 Å². The Kier molecular flexibility index (Phi) is 6.41. The van der Waals surface area contributed by atoms with Crippen LogP contribution in [0, 0.1) is 11.3 Å². The van der Waals surface area contributed by atoms with Crippen molar-refractivity contribution in [1.82, 2.24) is 5.32 Å². The normalized spacial score (nSPS) is 14.8. The third-order valence-electron chi connectivity index (χ3n) is 3.46. The van der Waals surface area contributed by atoms with Gasteiger partial charge in [-0.25, -0.2) is 0 Å². The van der Waals surface area contributed by atoms with E-state index < -0.39 is 0 Å². The minimum Gasteiger partial charge on any atom is -0.349 e. The van der Waals surface area contributed by atoms with Crippen LogP contribution in [0.4, 0.5) is 0 Å². The second-order valence-corrected chi connectivity index (χ2v) is 7.43. The van der Waals surface area contributed by atoms with Crippen LogP contribution < -0.4 is 11.1 Å². The summed E-state index contributed by atoms with van der Waals surface area (Å²) in [6, 6.07) is 10.1. The molecule has 0 aliphatic heterocycles. The molecule has 1 rings (SSSR count). The van der Waals surface area contributed by atoms with E-state index in [4.69, 9.17) is 5.73 Å². The van der Waals surface area contributed by atoms with Crippen molar-refractivity contribution in [2.24, 2.45) is 17.1 Å². The van der Waals surface area contributed by atoms with Crippen LogP contribution in [0.15, 0.2) is 30.3 Å². The molecule has 1 aromatic rings. The number of nitrogens with two attached hydrogens (primary N) is 1. The van der Waals surface area contributed by atoms with Gasteiger partial charge in [0.05, 0.1) is 6.04 Å². The van der Waals surface area contributed by atoms with Crippen LogP contribution >= 0.6 is 0 Å². The molecule has 2 unspecified atom stereocenters. The largest absolute Gasteiger partial charge is 0.349 e. The first-order chi connectivity index (χ1) is 9.69. The molecule has 0 bridgehead atoms. The van der Waals surface area contributed by atoms with Crippen LogP contribution in [0.1, 0.15) is 59.1 Å². The molecule has 0 radical (unpaired) electrons. The highest BCUT2D eigenvalue weighted by Gasteiger charge is 2.21. The summed E-state index contributed by atoms with van der Waals surface area (Å²) < 4.78 is 0. The molecule has 0 aliphatic rings. The van der Waals surface area contributed by atoms with Gasteiger partial charge in [-0.1, -0.05) is 65.0 Å². The number of hydrogen-bond acceptors (Lipinski definition) is 2. The van der Waals surface area contributed by atoms with Crippen LogP contribution in [0.25, 0.3) is 0 Å². The topological polar surface area (TPSA) is 55.1 Å². The SMILES string of the molecule is CC(C)C(NC(=O)CC(N)CC(C)(C)C)c1ccccc1. The van der Waals surface area contributed by atoms with Gasteiger partial charge in [-0.3, -0.25) is 4.79 Å². The van der Waals surface area contributed by atoms with Crippen LogP contribution in [-0.2, 0) is 4.79 Å². The molecule has 3 N–H and O–H groups in total. The Morgan fingerprint density at radius 1 is 1.19 bits per heavy atom. The fraction of sp³-hybridized carbons (Fsp3) is 0.611. The first kappa shape index (κ1) is 17.7. The second kappa shape index (κ2) is 7.60. The van der Waals surface area contributed by atoms with Gasteiger partial charge in [0.2, 0.25) is 5.91 Å². The zero-order valence-corrected chi connectivity index (χ0v) is 14.0. The molecular weight excluding hydrogens is 260 g/mol. The lowest BCUT2D eigenvalue weighted by Crippen LogP contribution is -2.37. The van der Waals surface area contributed by atoms with Crippen LogP contribution in [-0.4, -0.2) is 11.9 Å².